The van der Waals surface area contributed by atoms with Crippen LogP contribution in [0, 0.1) is 11.8 Å². The summed E-state index contributed by atoms with van der Waals surface area (Å²) in [6.45, 7) is 0. The highest BCUT2D eigenvalue weighted by molar-refractivity contribution is 7.80. The van der Waals surface area contributed by atoms with E-state index < -0.39 is 0 Å². The van der Waals surface area contributed by atoms with E-state index in [0.717, 1.165) is 77.0 Å². The summed E-state index contributed by atoms with van der Waals surface area (Å²) in [5.41, 5.74) is 0. The fourth-order valence-corrected chi connectivity index (χ4v) is 5.04. The van der Waals surface area contributed by atoms with Crippen molar-refractivity contribution < 1.29 is 9.59 Å². The molecule has 3 aliphatic rings. The Kier molecular flexibility index (Phi) is 7.36. The SMILES string of the molecule is [B]C1CCC(C(=O)NC2CCC(NC(=O)C3CCC(S)CC3)CC2)CC1. The van der Waals surface area contributed by atoms with Crippen molar-refractivity contribution in [2.75, 3.05) is 0 Å². The number of hydrogen-bond acceptors (Lipinski definition) is 3. The van der Waals surface area contributed by atoms with E-state index in [1.165, 1.54) is 0 Å². The molecule has 2 amide bonds. The Hall–Kier alpha value is -0.645. The molecule has 3 fully saturated rings. The molecule has 0 spiro atoms. The molecule has 0 aromatic rings. The first-order valence-electron chi connectivity index (χ1n) is 10.6. The van der Waals surface area contributed by atoms with Crippen molar-refractivity contribution in [2.45, 2.75) is 100 Å². The van der Waals surface area contributed by atoms with Gasteiger partial charge in [0.05, 0.1) is 7.85 Å². The zero-order valence-electron chi connectivity index (χ0n) is 15.8. The Morgan fingerprint density at radius 1 is 0.654 bits per heavy atom. The first-order chi connectivity index (χ1) is 12.5. The monoisotopic (exact) mass is 376 g/mol. The van der Waals surface area contributed by atoms with E-state index in [1.807, 2.05) is 0 Å². The van der Waals surface area contributed by atoms with Crippen molar-refractivity contribution in [3.63, 3.8) is 0 Å². The number of hydrogen-bond donors (Lipinski definition) is 3. The van der Waals surface area contributed by atoms with E-state index in [1.54, 1.807) is 0 Å². The molecule has 3 rings (SSSR count). The highest BCUT2D eigenvalue weighted by atomic mass is 32.1. The van der Waals surface area contributed by atoms with Crippen LogP contribution in [0.2, 0.25) is 5.82 Å². The van der Waals surface area contributed by atoms with Crippen molar-refractivity contribution in [2.24, 2.45) is 11.8 Å². The molecule has 26 heavy (non-hydrogen) atoms. The molecular weight excluding hydrogens is 343 g/mol. The van der Waals surface area contributed by atoms with Crippen molar-refractivity contribution in [3.05, 3.63) is 0 Å². The van der Waals surface area contributed by atoms with Crippen molar-refractivity contribution in [3.8, 4) is 0 Å². The minimum atomic E-state index is 0.147. The largest absolute Gasteiger partial charge is 0.353 e. The van der Waals surface area contributed by atoms with Crippen LogP contribution in [0.3, 0.4) is 0 Å². The Labute approximate surface area is 164 Å². The van der Waals surface area contributed by atoms with E-state index in [9.17, 15) is 9.59 Å². The fourth-order valence-electron chi connectivity index (χ4n) is 4.74. The highest BCUT2D eigenvalue weighted by Gasteiger charge is 2.30. The third kappa shape index (κ3) is 5.67. The molecule has 2 radical (unpaired) electrons. The Morgan fingerprint density at radius 2 is 1.04 bits per heavy atom. The van der Waals surface area contributed by atoms with Crippen LogP contribution >= 0.6 is 12.6 Å². The van der Waals surface area contributed by atoms with Gasteiger partial charge in [-0.05, 0) is 64.2 Å². The van der Waals surface area contributed by atoms with Crippen molar-refractivity contribution in [1.29, 1.82) is 0 Å². The quantitative estimate of drug-likeness (QED) is 0.521. The fraction of sp³-hybridized carbons (Fsp3) is 0.900. The van der Waals surface area contributed by atoms with E-state index in [2.05, 4.69) is 23.3 Å². The third-order valence-electron chi connectivity index (χ3n) is 6.63. The maximum absolute atomic E-state index is 12.4. The van der Waals surface area contributed by atoms with Crippen LogP contribution in [-0.4, -0.2) is 37.0 Å². The molecule has 2 N–H and O–H groups in total. The first-order valence-corrected chi connectivity index (χ1v) is 11.1. The summed E-state index contributed by atoms with van der Waals surface area (Å²) < 4.78 is 0. The first kappa shape index (κ1) is 20.1. The second-order valence-electron chi connectivity index (χ2n) is 8.68. The zero-order valence-corrected chi connectivity index (χ0v) is 16.7. The molecular formula is C20H33BN2O2S. The normalized spacial score (nSPS) is 38.3. The van der Waals surface area contributed by atoms with Crippen LogP contribution < -0.4 is 10.6 Å². The highest BCUT2D eigenvalue weighted by Crippen LogP contribution is 2.31. The summed E-state index contributed by atoms with van der Waals surface area (Å²) >= 11 is 4.51. The Balaban J connectivity index is 1.35. The zero-order chi connectivity index (χ0) is 18.5. The Bertz CT molecular complexity index is 436. The summed E-state index contributed by atoms with van der Waals surface area (Å²) in [4.78, 5) is 24.9. The molecule has 0 aliphatic heterocycles. The molecule has 3 saturated carbocycles. The summed E-state index contributed by atoms with van der Waals surface area (Å²) in [5.74, 6) is 1.05. The molecule has 6 heteroatoms. The van der Waals surface area contributed by atoms with Gasteiger partial charge in [0, 0.05) is 29.2 Å². The van der Waals surface area contributed by atoms with Gasteiger partial charge in [0.25, 0.3) is 0 Å². The second kappa shape index (κ2) is 9.52. The van der Waals surface area contributed by atoms with Crippen molar-refractivity contribution >= 4 is 32.3 Å². The lowest BCUT2D eigenvalue weighted by Crippen LogP contribution is -2.46. The maximum atomic E-state index is 12.4. The number of nitrogens with one attached hydrogen (secondary N) is 2. The molecule has 0 bridgehead atoms. The van der Waals surface area contributed by atoms with Crippen molar-refractivity contribution in [1.82, 2.24) is 10.6 Å². The van der Waals surface area contributed by atoms with Gasteiger partial charge in [-0.25, -0.2) is 0 Å². The van der Waals surface area contributed by atoms with Crippen LogP contribution in [0.5, 0.6) is 0 Å². The van der Waals surface area contributed by atoms with Gasteiger partial charge in [-0.3, -0.25) is 9.59 Å². The number of carbonyl (C=O) groups excluding carboxylic acids is 2. The molecule has 4 nitrogen and oxygen atoms in total. The molecule has 3 aliphatic carbocycles. The van der Waals surface area contributed by atoms with E-state index in [4.69, 9.17) is 7.85 Å². The van der Waals surface area contributed by atoms with Gasteiger partial charge in [-0.2, -0.15) is 12.6 Å². The van der Waals surface area contributed by atoms with Crippen LogP contribution in [0.15, 0.2) is 0 Å². The molecule has 0 aromatic heterocycles. The van der Waals surface area contributed by atoms with Gasteiger partial charge in [-0.15, -0.1) is 0 Å². The second-order valence-corrected chi connectivity index (χ2v) is 9.41. The molecule has 0 aromatic carbocycles. The van der Waals surface area contributed by atoms with E-state index in [-0.39, 0.29) is 41.6 Å². The summed E-state index contributed by atoms with van der Waals surface area (Å²) in [6.07, 6.45) is 11.7. The van der Waals surface area contributed by atoms with Gasteiger partial charge in [-0.1, -0.05) is 18.7 Å². The minimum absolute atomic E-state index is 0.147. The standard InChI is InChI=1S/C20H33BN2O2S/c21-15-5-1-13(2-6-15)19(24)22-16-7-9-17(10-8-16)23-20(25)14-3-11-18(26)12-4-14/h13-18,26H,1-12H2,(H,22,24)(H,23,25). The molecule has 0 saturated heterocycles. The van der Waals surface area contributed by atoms with Crippen LogP contribution in [0.4, 0.5) is 0 Å². The Morgan fingerprint density at radius 3 is 1.46 bits per heavy atom. The smallest absolute Gasteiger partial charge is 0.223 e. The summed E-state index contributed by atoms with van der Waals surface area (Å²) in [7, 11) is 5.93. The van der Waals surface area contributed by atoms with Gasteiger partial charge in [0.2, 0.25) is 11.8 Å². The average Bonchev–Trinajstić information content (AvgIpc) is 2.64. The number of carbonyl (C=O) groups is 2. The molecule has 0 heterocycles. The topological polar surface area (TPSA) is 58.2 Å². The third-order valence-corrected chi connectivity index (χ3v) is 7.15. The number of amides is 2. The molecule has 0 atom stereocenters. The maximum Gasteiger partial charge on any atom is 0.223 e. The van der Waals surface area contributed by atoms with E-state index in [0.29, 0.717) is 5.25 Å². The van der Waals surface area contributed by atoms with Crippen LogP contribution in [0.1, 0.15) is 77.0 Å². The van der Waals surface area contributed by atoms with E-state index >= 15 is 0 Å². The molecule has 144 valence electrons. The lowest BCUT2D eigenvalue weighted by molar-refractivity contribution is -0.128. The number of thiol groups is 1. The summed E-state index contributed by atoms with van der Waals surface area (Å²) in [6, 6.07) is 0.544. The average molecular weight is 376 g/mol. The number of rotatable bonds is 4. The lowest BCUT2D eigenvalue weighted by atomic mass is 9.71. The lowest BCUT2D eigenvalue weighted by Gasteiger charge is -2.33. The molecule has 0 unspecified atom stereocenters. The minimum Gasteiger partial charge on any atom is -0.353 e. The van der Waals surface area contributed by atoms with Gasteiger partial charge in [0.1, 0.15) is 0 Å². The predicted molar refractivity (Wildman–Crippen MR) is 109 cm³/mol. The summed E-state index contributed by atoms with van der Waals surface area (Å²) in [5, 5.41) is 6.97. The predicted octanol–water partition coefficient (Wildman–Crippen LogP) is 3.17. The van der Waals surface area contributed by atoms with Gasteiger partial charge < -0.3 is 10.6 Å². The van der Waals surface area contributed by atoms with Gasteiger partial charge in [0.15, 0.2) is 0 Å². The van der Waals surface area contributed by atoms with Gasteiger partial charge >= 0.3 is 0 Å². The van der Waals surface area contributed by atoms with Crippen LogP contribution in [-0.2, 0) is 9.59 Å². The van der Waals surface area contributed by atoms with Crippen LogP contribution in [0.25, 0.3) is 0 Å².